The second-order valence-electron chi connectivity index (χ2n) is 4.50. The minimum atomic E-state index is 0.731. The molecule has 0 aromatic carbocycles. The summed E-state index contributed by atoms with van der Waals surface area (Å²) in [6.07, 6.45) is 2.35. The van der Waals surface area contributed by atoms with Gasteiger partial charge < -0.3 is 10.1 Å². The lowest BCUT2D eigenvalue weighted by molar-refractivity contribution is 0.112. The molecule has 0 amide bonds. The highest BCUT2D eigenvalue weighted by Crippen LogP contribution is 2.02. The number of hydrogen-bond acceptors (Lipinski definition) is 2. The molecule has 0 heterocycles. The van der Waals surface area contributed by atoms with Crippen molar-refractivity contribution in [3.05, 3.63) is 0 Å². The number of ether oxygens (including phenoxy) is 1. The van der Waals surface area contributed by atoms with Gasteiger partial charge in [0.15, 0.2) is 0 Å². The monoisotopic (exact) mass is 201 g/mol. The summed E-state index contributed by atoms with van der Waals surface area (Å²) < 4.78 is 5.57. The smallest absolute Gasteiger partial charge is 0.0469 e. The predicted octanol–water partition coefficient (Wildman–Crippen LogP) is 2.68. The Labute approximate surface area is 89.4 Å². The Bertz CT molecular complexity index is 115. The largest absolute Gasteiger partial charge is 0.381 e. The van der Waals surface area contributed by atoms with Crippen LogP contribution in [0.15, 0.2) is 0 Å². The molecule has 0 fully saturated rings. The van der Waals surface area contributed by atoms with Crippen LogP contribution >= 0.6 is 0 Å². The molecule has 14 heavy (non-hydrogen) atoms. The highest BCUT2D eigenvalue weighted by atomic mass is 16.5. The van der Waals surface area contributed by atoms with Crippen molar-refractivity contribution in [2.75, 3.05) is 26.3 Å². The lowest BCUT2D eigenvalue weighted by Gasteiger charge is -2.12. The normalized spacial score (nSPS) is 13.5. The maximum absolute atomic E-state index is 5.57. The molecule has 0 spiro atoms. The maximum atomic E-state index is 5.57. The van der Waals surface area contributed by atoms with E-state index in [1.54, 1.807) is 0 Å². The Morgan fingerprint density at radius 3 is 2.29 bits per heavy atom. The average Bonchev–Trinajstić information content (AvgIpc) is 2.13. The molecule has 0 radical (unpaired) electrons. The number of hydrogen-bond donors (Lipinski definition) is 1. The molecule has 1 N–H and O–H groups in total. The maximum Gasteiger partial charge on any atom is 0.0469 e. The average molecular weight is 201 g/mol. The standard InChI is InChI=1S/C12H27NO/c1-5-13-10-12(4)7-9-14-8-6-11(2)3/h11-13H,5-10H2,1-4H3. The predicted molar refractivity (Wildman–Crippen MR) is 62.6 cm³/mol. The third-order valence-corrected chi connectivity index (χ3v) is 2.34. The van der Waals surface area contributed by atoms with Crippen LogP contribution in [0.3, 0.4) is 0 Å². The van der Waals surface area contributed by atoms with E-state index in [0.29, 0.717) is 0 Å². The van der Waals surface area contributed by atoms with Crippen LogP contribution in [-0.2, 0) is 4.74 Å². The summed E-state index contributed by atoms with van der Waals surface area (Å²) in [6.45, 7) is 12.9. The zero-order valence-corrected chi connectivity index (χ0v) is 10.3. The molecule has 2 nitrogen and oxygen atoms in total. The Hall–Kier alpha value is -0.0800. The highest BCUT2D eigenvalue weighted by molar-refractivity contribution is 4.55. The van der Waals surface area contributed by atoms with Crippen molar-refractivity contribution < 1.29 is 4.74 Å². The Morgan fingerprint density at radius 2 is 1.71 bits per heavy atom. The summed E-state index contributed by atoms with van der Waals surface area (Å²) in [7, 11) is 0. The molecule has 0 aromatic rings. The van der Waals surface area contributed by atoms with E-state index in [1.807, 2.05) is 0 Å². The SMILES string of the molecule is CCNCC(C)CCOCCC(C)C. The first-order valence-corrected chi connectivity index (χ1v) is 5.95. The molecule has 2 heteroatoms. The molecule has 86 valence electrons. The molecular formula is C12H27NO. The van der Waals surface area contributed by atoms with Crippen molar-refractivity contribution in [1.82, 2.24) is 5.32 Å². The van der Waals surface area contributed by atoms with Crippen LogP contribution in [0.1, 0.15) is 40.5 Å². The van der Waals surface area contributed by atoms with E-state index in [9.17, 15) is 0 Å². The summed E-state index contributed by atoms with van der Waals surface area (Å²) in [5.74, 6) is 1.49. The van der Waals surface area contributed by atoms with E-state index in [1.165, 1.54) is 12.8 Å². The molecule has 0 saturated heterocycles. The zero-order valence-electron chi connectivity index (χ0n) is 10.3. The second kappa shape index (κ2) is 9.47. The zero-order chi connectivity index (χ0) is 10.8. The molecular weight excluding hydrogens is 174 g/mol. The molecule has 0 aromatic heterocycles. The first-order valence-electron chi connectivity index (χ1n) is 5.95. The number of nitrogens with one attached hydrogen (secondary N) is 1. The van der Waals surface area contributed by atoms with Gasteiger partial charge in [-0.25, -0.2) is 0 Å². The van der Waals surface area contributed by atoms with E-state index >= 15 is 0 Å². The fraction of sp³-hybridized carbons (Fsp3) is 1.00. The van der Waals surface area contributed by atoms with Crippen molar-refractivity contribution in [2.45, 2.75) is 40.5 Å². The Kier molecular flexibility index (Phi) is 9.42. The summed E-state index contributed by atoms with van der Waals surface area (Å²) in [5.41, 5.74) is 0. The molecule has 0 aliphatic carbocycles. The summed E-state index contributed by atoms with van der Waals surface area (Å²) in [4.78, 5) is 0. The van der Waals surface area contributed by atoms with Crippen molar-refractivity contribution in [3.63, 3.8) is 0 Å². The van der Waals surface area contributed by atoms with Crippen molar-refractivity contribution in [3.8, 4) is 0 Å². The first-order chi connectivity index (χ1) is 6.66. The molecule has 1 unspecified atom stereocenters. The minimum absolute atomic E-state index is 0.731. The van der Waals surface area contributed by atoms with Crippen LogP contribution in [0.25, 0.3) is 0 Å². The van der Waals surface area contributed by atoms with Gasteiger partial charge in [-0.1, -0.05) is 27.7 Å². The lowest BCUT2D eigenvalue weighted by Crippen LogP contribution is -2.21. The van der Waals surface area contributed by atoms with E-state index in [-0.39, 0.29) is 0 Å². The van der Waals surface area contributed by atoms with Gasteiger partial charge in [0.05, 0.1) is 0 Å². The Morgan fingerprint density at radius 1 is 1.07 bits per heavy atom. The minimum Gasteiger partial charge on any atom is -0.381 e. The highest BCUT2D eigenvalue weighted by Gasteiger charge is 2.00. The molecule has 0 saturated carbocycles. The van der Waals surface area contributed by atoms with Gasteiger partial charge in [-0.2, -0.15) is 0 Å². The van der Waals surface area contributed by atoms with Gasteiger partial charge >= 0.3 is 0 Å². The van der Waals surface area contributed by atoms with Crippen LogP contribution < -0.4 is 5.32 Å². The third-order valence-electron chi connectivity index (χ3n) is 2.34. The van der Waals surface area contributed by atoms with Crippen LogP contribution in [0, 0.1) is 11.8 Å². The van der Waals surface area contributed by atoms with Gasteiger partial charge in [-0.15, -0.1) is 0 Å². The van der Waals surface area contributed by atoms with Gasteiger partial charge in [-0.05, 0) is 37.8 Å². The lowest BCUT2D eigenvalue weighted by atomic mass is 10.1. The van der Waals surface area contributed by atoms with E-state index in [2.05, 4.69) is 33.0 Å². The van der Waals surface area contributed by atoms with Gasteiger partial charge in [0.2, 0.25) is 0 Å². The van der Waals surface area contributed by atoms with Gasteiger partial charge in [-0.3, -0.25) is 0 Å². The quantitative estimate of drug-likeness (QED) is 0.579. The molecule has 0 aliphatic heterocycles. The summed E-state index contributed by atoms with van der Waals surface area (Å²) >= 11 is 0. The molecule has 0 aliphatic rings. The van der Waals surface area contributed by atoms with Crippen molar-refractivity contribution in [1.29, 1.82) is 0 Å². The van der Waals surface area contributed by atoms with Crippen LogP contribution in [0.2, 0.25) is 0 Å². The van der Waals surface area contributed by atoms with Crippen molar-refractivity contribution >= 4 is 0 Å². The van der Waals surface area contributed by atoms with Crippen molar-refractivity contribution in [2.24, 2.45) is 11.8 Å². The second-order valence-corrected chi connectivity index (χ2v) is 4.50. The van der Waals surface area contributed by atoms with Gasteiger partial charge in [0.1, 0.15) is 0 Å². The number of rotatable bonds is 9. The summed E-state index contributed by atoms with van der Waals surface area (Å²) in [6, 6.07) is 0. The van der Waals surface area contributed by atoms with E-state index < -0.39 is 0 Å². The topological polar surface area (TPSA) is 21.3 Å². The molecule has 1 atom stereocenters. The van der Waals surface area contributed by atoms with E-state index in [0.717, 1.165) is 38.1 Å². The summed E-state index contributed by atoms with van der Waals surface area (Å²) in [5, 5.41) is 3.35. The molecule has 0 rings (SSSR count). The van der Waals surface area contributed by atoms with E-state index in [4.69, 9.17) is 4.74 Å². The van der Waals surface area contributed by atoms with Crippen LogP contribution in [0.4, 0.5) is 0 Å². The fourth-order valence-electron chi connectivity index (χ4n) is 1.20. The first kappa shape index (κ1) is 13.9. The van der Waals surface area contributed by atoms with Crippen LogP contribution in [-0.4, -0.2) is 26.3 Å². The van der Waals surface area contributed by atoms with Gasteiger partial charge in [0, 0.05) is 13.2 Å². The van der Waals surface area contributed by atoms with Gasteiger partial charge in [0.25, 0.3) is 0 Å². The fourth-order valence-corrected chi connectivity index (χ4v) is 1.20. The molecule has 0 bridgehead atoms. The Balaban J connectivity index is 3.10. The van der Waals surface area contributed by atoms with Crippen LogP contribution in [0.5, 0.6) is 0 Å². The third kappa shape index (κ3) is 10.0.